The van der Waals surface area contributed by atoms with Crippen molar-refractivity contribution in [2.45, 2.75) is 18.9 Å². The molecular weight excluding hydrogens is 154 g/mol. The normalized spacial score (nSPS) is 24.2. The summed E-state index contributed by atoms with van der Waals surface area (Å²) >= 11 is 0. The zero-order chi connectivity index (χ0) is 8.97. The van der Waals surface area contributed by atoms with Crippen molar-refractivity contribution >= 4 is 0 Å². The lowest BCUT2D eigenvalue weighted by molar-refractivity contribution is 0.00538. The Morgan fingerprint density at radius 1 is 1.50 bits per heavy atom. The Labute approximate surface area is 74.3 Å². The molecule has 1 aliphatic rings. The van der Waals surface area contributed by atoms with Crippen LogP contribution in [0.25, 0.3) is 0 Å². The molecule has 1 unspecified atom stereocenters. The van der Waals surface area contributed by atoms with Gasteiger partial charge in [-0.2, -0.15) is 0 Å². The molecule has 0 amide bonds. The minimum atomic E-state index is -0.260. The molecule has 0 aliphatic carbocycles. The van der Waals surface area contributed by atoms with Gasteiger partial charge in [-0.15, -0.1) is 0 Å². The summed E-state index contributed by atoms with van der Waals surface area (Å²) in [7, 11) is 3.76. The van der Waals surface area contributed by atoms with Crippen LogP contribution in [0, 0.1) is 5.92 Å². The molecule has 0 saturated carbocycles. The van der Waals surface area contributed by atoms with Crippen molar-refractivity contribution < 1.29 is 9.84 Å². The van der Waals surface area contributed by atoms with Gasteiger partial charge in [-0.3, -0.25) is 0 Å². The minimum Gasteiger partial charge on any atom is -0.390 e. The SMILES string of the molecule is COCC(O)C1CCN(C)CC1. The molecule has 0 bridgehead atoms. The number of ether oxygens (including phenoxy) is 1. The van der Waals surface area contributed by atoms with E-state index in [1.54, 1.807) is 7.11 Å². The lowest BCUT2D eigenvalue weighted by atomic mass is 9.92. The van der Waals surface area contributed by atoms with Crippen LogP contribution in [0.4, 0.5) is 0 Å². The Balaban J connectivity index is 2.24. The fourth-order valence-electron chi connectivity index (χ4n) is 1.72. The third-order valence-corrected chi connectivity index (χ3v) is 2.64. The highest BCUT2D eigenvalue weighted by molar-refractivity contribution is 4.75. The fraction of sp³-hybridized carbons (Fsp3) is 1.00. The first-order valence-corrected chi connectivity index (χ1v) is 4.59. The van der Waals surface area contributed by atoms with Gasteiger partial charge in [0.15, 0.2) is 0 Å². The van der Waals surface area contributed by atoms with Crippen molar-refractivity contribution in [1.29, 1.82) is 0 Å². The highest BCUT2D eigenvalue weighted by Crippen LogP contribution is 2.19. The highest BCUT2D eigenvalue weighted by Gasteiger charge is 2.23. The second-order valence-electron chi connectivity index (χ2n) is 3.66. The van der Waals surface area contributed by atoms with E-state index in [2.05, 4.69) is 11.9 Å². The zero-order valence-electron chi connectivity index (χ0n) is 7.99. The van der Waals surface area contributed by atoms with E-state index in [-0.39, 0.29) is 6.10 Å². The maximum absolute atomic E-state index is 9.62. The summed E-state index contributed by atoms with van der Waals surface area (Å²) in [6, 6.07) is 0. The predicted octanol–water partition coefficient (Wildman–Crippen LogP) is 0.336. The van der Waals surface area contributed by atoms with E-state index < -0.39 is 0 Å². The van der Waals surface area contributed by atoms with Crippen LogP contribution < -0.4 is 0 Å². The Bertz CT molecular complexity index is 122. The summed E-state index contributed by atoms with van der Waals surface area (Å²) in [5, 5.41) is 9.62. The predicted molar refractivity (Wildman–Crippen MR) is 48.1 cm³/mol. The van der Waals surface area contributed by atoms with Crippen LogP contribution in [0.15, 0.2) is 0 Å². The summed E-state index contributed by atoms with van der Waals surface area (Å²) in [5.74, 6) is 0.446. The lowest BCUT2D eigenvalue weighted by Gasteiger charge is -2.31. The molecule has 0 aromatic rings. The average Bonchev–Trinajstić information content (AvgIpc) is 2.06. The first kappa shape index (κ1) is 9.96. The van der Waals surface area contributed by atoms with Gasteiger partial charge in [0.05, 0.1) is 12.7 Å². The van der Waals surface area contributed by atoms with Crippen LogP contribution in [-0.2, 0) is 4.74 Å². The van der Waals surface area contributed by atoms with E-state index in [1.807, 2.05) is 0 Å². The maximum Gasteiger partial charge on any atom is 0.0802 e. The summed E-state index contributed by atoms with van der Waals surface area (Å²) in [6.45, 7) is 2.69. The van der Waals surface area contributed by atoms with Gasteiger partial charge in [0.25, 0.3) is 0 Å². The molecule has 1 saturated heterocycles. The number of likely N-dealkylation sites (tertiary alicyclic amines) is 1. The lowest BCUT2D eigenvalue weighted by Crippen LogP contribution is -2.37. The molecule has 1 atom stereocenters. The van der Waals surface area contributed by atoms with E-state index in [1.165, 1.54) is 0 Å². The van der Waals surface area contributed by atoms with Crippen molar-refractivity contribution in [3.8, 4) is 0 Å². The third-order valence-electron chi connectivity index (χ3n) is 2.64. The van der Waals surface area contributed by atoms with E-state index in [4.69, 9.17) is 4.74 Å². The van der Waals surface area contributed by atoms with Crippen LogP contribution in [-0.4, -0.2) is 50.0 Å². The third kappa shape index (κ3) is 2.73. The number of hydrogen-bond acceptors (Lipinski definition) is 3. The van der Waals surface area contributed by atoms with Gasteiger partial charge in [0, 0.05) is 7.11 Å². The van der Waals surface area contributed by atoms with E-state index >= 15 is 0 Å². The number of methoxy groups -OCH3 is 1. The molecule has 72 valence electrons. The minimum absolute atomic E-state index is 0.260. The Hall–Kier alpha value is -0.120. The summed E-state index contributed by atoms with van der Waals surface area (Å²) in [5.41, 5.74) is 0. The molecule has 3 heteroatoms. The Kier molecular flexibility index (Phi) is 3.98. The largest absolute Gasteiger partial charge is 0.390 e. The maximum atomic E-state index is 9.62. The second-order valence-corrected chi connectivity index (χ2v) is 3.66. The fourth-order valence-corrected chi connectivity index (χ4v) is 1.72. The van der Waals surface area contributed by atoms with Crippen LogP contribution in [0.1, 0.15) is 12.8 Å². The topological polar surface area (TPSA) is 32.7 Å². The molecule has 0 spiro atoms. The standard InChI is InChI=1S/C9H19NO2/c1-10-5-3-8(4-6-10)9(11)7-12-2/h8-9,11H,3-7H2,1-2H3. The average molecular weight is 173 g/mol. The van der Waals surface area contributed by atoms with E-state index in [0.29, 0.717) is 12.5 Å². The second kappa shape index (κ2) is 4.80. The quantitative estimate of drug-likeness (QED) is 0.668. The first-order valence-electron chi connectivity index (χ1n) is 4.59. The van der Waals surface area contributed by atoms with Crippen molar-refractivity contribution in [1.82, 2.24) is 4.90 Å². The van der Waals surface area contributed by atoms with Crippen LogP contribution in [0.5, 0.6) is 0 Å². The van der Waals surface area contributed by atoms with E-state index in [9.17, 15) is 5.11 Å². The monoisotopic (exact) mass is 173 g/mol. The van der Waals surface area contributed by atoms with Crippen molar-refractivity contribution in [2.75, 3.05) is 33.9 Å². The van der Waals surface area contributed by atoms with Crippen LogP contribution in [0.2, 0.25) is 0 Å². The van der Waals surface area contributed by atoms with Gasteiger partial charge in [-0.25, -0.2) is 0 Å². The zero-order valence-corrected chi connectivity index (χ0v) is 7.99. The smallest absolute Gasteiger partial charge is 0.0802 e. The summed E-state index contributed by atoms with van der Waals surface area (Å²) in [4.78, 5) is 2.30. The summed E-state index contributed by atoms with van der Waals surface area (Å²) < 4.78 is 4.92. The number of aliphatic hydroxyl groups excluding tert-OH is 1. The van der Waals surface area contributed by atoms with Crippen molar-refractivity contribution in [3.63, 3.8) is 0 Å². The number of hydrogen-bond donors (Lipinski definition) is 1. The highest BCUT2D eigenvalue weighted by atomic mass is 16.5. The van der Waals surface area contributed by atoms with Gasteiger partial charge in [-0.1, -0.05) is 0 Å². The molecule has 1 rings (SSSR count). The Morgan fingerprint density at radius 3 is 2.58 bits per heavy atom. The molecule has 0 aromatic carbocycles. The van der Waals surface area contributed by atoms with Crippen molar-refractivity contribution in [2.24, 2.45) is 5.92 Å². The first-order chi connectivity index (χ1) is 5.74. The molecular formula is C9H19NO2. The molecule has 1 fully saturated rings. The number of rotatable bonds is 3. The number of nitrogens with zero attached hydrogens (tertiary/aromatic N) is 1. The molecule has 3 nitrogen and oxygen atoms in total. The van der Waals surface area contributed by atoms with Crippen LogP contribution >= 0.6 is 0 Å². The van der Waals surface area contributed by atoms with Crippen LogP contribution in [0.3, 0.4) is 0 Å². The van der Waals surface area contributed by atoms with Gasteiger partial charge in [-0.05, 0) is 38.9 Å². The van der Waals surface area contributed by atoms with E-state index in [0.717, 1.165) is 25.9 Å². The van der Waals surface area contributed by atoms with Gasteiger partial charge < -0.3 is 14.7 Å². The molecule has 1 heterocycles. The number of piperidine rings is 1. The van der Waals surface area contributed by atoms with Gasteiger partial charge >= 0.3 is 0 Å². The Morgan fingerprint density at radius 2 is 2.08 bits per heavy atom. The molecule has 1 N–H and O–H groups in total. The molecule has 0 radical (unpaired) electrons. The van der Waals surface area contributed by atoms with Gasteiger partial charge in [0.2, 0.25) is 0 Å². The number of aliphatic hydroxyl groups is 1. The van der Waals surface area contributed by atoms with Gasteiger partial charge in [0.1, 0.15) is 0 Å². The summed E-state index contributed by atoms with van der Waals surface area (Å²) in [6.07, 6.45) is 1.94. The molecule has 1 aliphatic heterocycles. The van der Waals surface area contributed by atoms with Crippen molar-refractivity contribution in [3.05, 3.63) is 0 Å². The molecule has 0 aromatic heterocycles. The molecule has 12 heavy (non-hydrogen) atoms.